The molecular weight excluding hydrogens is 252 g/mol. The van der Waals surface area contributed by atoms with E-state index in [1.165, 1.54) is 0 Å². The van der Waals surface area contributed by atoms with E-state index < -0.39 is 6.09 Å². The monoisotopic (exact) mass is 268 g/mol. The van der Waals surface area contributed by atoms with Gasteiger partial charge < -0.3 is 14.8 Å². The third-order valence-corrected chi connectivity index (χ3v) is 2.27. The van der Waals surface area contributed by atoms with Crippen molar-refractivity contribution in [3.8, 4) is 0 Å². The summed E-state index contributed by atoms with van der Waals surface area (Å²) in [4.78, 5) is 11.4. The first-order chi connectivity index (χ1) is 8.72. The summed E-state index contributed by atoms with van der Waals surface area (Å²) in [6.07, 6.45) is -0.575. The van der Waals surface area contributed by atoms with Gasteiger partial charge in [-0.3, -0.25) is 5.32 Å². The number of nitrogens with one attached hydrogen (secondary N) is 2. The highest BCUT2D eigenvalue weighted by Gasteiger charge is 2.04. The average Bonchev–Trinajstić information content (AvgIpc) is 2.38. The van der Waals surface area contributed by atoms with Crippen LogP contribution in [-0.2, 0) is 16.1 Å². The number of amides is 1. The molecule has 1 rings (SSSR count). The Balaban J connectivity index is 2.19. The summed E-state index contributed by atoms with van der Waals surface area (Å²) in [7, 11) is 1.59. The Labute approximate surface area is 111 Å². The van der Waals surface area contributed by atoms with Gasteiger partial charge in [-0.15, -0.1) is 0 Å². The maximum atomic E-state index is 11.4. The summed E-state index contributed by atoms with van der Waals surface area (Å²) in [5.74, 6) is 0. The number of carbonyl (C=O) groups is 1. The number of methoxy groups -OCH3 is 1. The van der Waals surface area contributed by atoms with Gasteiger partial charge in [0.1, 0.15) is 6.61 Å². The van der Waals surface area contributed by atoms with Crippen molar-refractivity contribution in [3.05, 3.63) is 35.9 Å². The molecule has 0 bridgehead atoms. The molecule has 0 saturated carbocycles. The number of hydrogen-bond acceptors (Lipinski definition) is 4. The van der Waals surface area contributed by atoms with Crippen molar-refractivity contribution in [1.82, 2.24) is 10.6 Å². The van der Waals surface area contributed by atoms with Crippen molar-refractivity contribution in [2.45, 2.75) is 6.61 Å². The van der Waals surface area contributed by atoms with Gasteiger partial charge >= 0.3 is 6.09 Å². The molecule has 0 heterocycles. The lowest BCUT2D eigenvalue weighted by Crippen LogP contribution is -2.40. The molecule has 0 aliphatic carbocycles. The highest BCUT2D eigenvalue weighted by Crippen LogP contribution is 2.00. The van der Waals surface area contributed by atoms with Crippen LogP contribution in [0.25, 0.3) is 0 Å². The highest BCUT2D eigenvalue weighted by molar-refractivity contribution is 7.80. The smallest absolute Gasteiger partial charge is 0.413 e. The molecule has 1 aromatic carbocycles. The Morgan fingerprint density at radius 2 is 2.06 bits per heavy atom. The van der Waals surface area contributed by atoms with Crippen molar-refractivity contribution in [1.29, 1.82) is 0 Å². The summed E-state index contributed by atoms with van der Waals surface area (Å²) in [6.45, 7) is 1.27. The summed E-state index contributed by atoms with van der Waals surface area (Å²) < 4.78 is 9.83. The van der Waals surface area contributed by atoms with Crippen LogP contribution in [0.2, 0.25) is 0 Å². The Hall–Kier alpha value is -1.66. The summed E-state index contributed by atoms with van der Waals surface area (Å²) >= 11 is 4.90. The highest BCUT2D eigenvalue weighted by atomic mass is 32.1. The molecule has 0 aromatic heterocycles. The fraction of sp³-hybridized carbons (Fsp3) is 0.333. The molecular formula is C12H16N2O3S. The van der Waals surface area contributed by atoms with Crippen LogP contribution in [0, 0.1) is 0 Å². The van der Waals surface area contributed by atoms with Crippen LogP contribution in [0.15, 0.2) is 30.3 Å². The fourth-order valence-electron chi connectivity index (χ4n) is 1.16. The Morgan fingerprint density at radius 3 is 2.72 bits per heavy atom. The average molecular weight is 268 g/mol. The molecule has 6 heteroatoms. The Morgan fingerprint density at radius 1 is 1.33 bits per heavy atom. The van der Waals surface area contributed by atoms with E-state index >= 15 is 0 Å². The first-order valence-corrected chi connectivity index (χ1v) is 5.87. The van der Waals surface area contributed by atoms with E-state index in [-0.39, 0.29) is 11.7 Å². The first kappa shape index (κ1) is 14.4. The predicted molar refractivity (Wildman–Crippen MR) is 72.2 cm³/mol. The van der Waals surface area contributed by atoms with Gasteiger partial charge in [-0.05, 0) is 17.8 Å². The fourth-order valence-corrected chi connectivity index (χ4v) is 1.35. The first-order valence-electron chi connectivity index (χ1n) is 5.47. The number of ether oxygens (including phenoxy) is 2. The van der Waals surface area contributed by atoms with Gasteiger partial charge in [0.15, 0.2) is 5.11 Å². The standard InChI is InChI=1S/C12H16N2O3S/c1-16-8-7-13-11(18)14-12(15)17-9-10-5-3-2-4-6-10/h2-6H,7-9H2,1H3,(H2,13,14,15,18). The van der Waals surface area contributed by atoms with Gasteiger partial charge in [0.25, 0.3) is 0 Å². The molecule has 0 fully saturated rings. The Kier molecular flexibility index (Phi) is 6.75. The molecule has 0 unspecified atom stereocenters. The minimum atomic E-state index is -0.575. The topological polar surface area (TPSA) is 59.6 Å². The van der Waals surface area contributed by atoms with Crippen molar-refractivity contribution in [2.75, 3.05) is 20.3 Å². The van der Waals surface area contributed by atoms with E-state index in [9.17, 15) is 4.79 Å². The third kappa shape index (κ3) is 6.17. The molecule has 0 atom stereocenters. The van der Waals surface area contributed by atoms with Gasteiger partial charge in [-0.2, -0.15) is 0 Å². The van der Waals surface area contributed by atoms with Crippen LogP contribution in [0.4, 0.5) is 4.79 Å². The van der Waals surface area contributed by atoms with Crippen molar-refractivity contribution >= 4 is 23.4 Å². The van der Waals surface area contributed by atoms with E-state index in [0.29, 0.717) is 13.2 Å². The summed E-state index contributed by atoms with van der Waals surface area (Å²) in [5, 5.41) is 5.45. The number of carbonyl (C=O) groups excluding carboxylic acids is 1. The number of rotatable bonds is 5. The van der Waals surface area contributed by atoms with Gasteiger partial charge in [0, 0.05) is 13.7 Å². The number of thiocarbonyl (C=S) groups is 1. The second-order valence-corrected chi connectivity index (χ2v) is 3.84. The zero-order valence-corrected chi connectivity index (χ0v) is 11.0. The van der Waals surface area contributed by atoms with Crippen LogP contribution in [0.5, 0.6) is 0 Å². The molecule has 18 heavy (non-hydrogen) atoms. The second kappa shape index (κ2) is 8.43. The maximum absolute atomic E-state index is 11.4. The van der Waals surface area contributed by atoms with E-state index in [0.717, 1.165) is 5.56 Å². The normalized spacial score (nSPS) is 9.61. The van der Waals surface area contributed by atoms with E-state index in [1.807, 2.05) is 30.3 Å². The van der Waals surface area contributed by atoms with Crippen LogP contribution < -0.4 is 10.6 Å². The van der Waals surface area contributed by atoms with Gasteiger partial charge in [-0.1, -0.05) is 30.3 Å². The lowest BCUT2D eigenvalue weighted by atomic mass is 10.2. The molecule has 1 aromatic rings. The minimum Gasteiger partial charge on any atom is -0.444 e. The van der Waals surface area contributed by atoms with Crippen LogP contribution >= 0.6 is 12.2 Å². The van der Waals surface area contributed by atoms with Gasteiger partial charge in [0.2, 0.25) is 0 Å². The SMILES string of the molecule is COCCNC(=S)NC(=O)OCc1ccccc1. The number of benzene rings is 1. The van der Waals surface area contributed by atoms with Crippen molar-refractivity contribution in [3.63, 3.8) is 0 Å². The molecule has 0 saturated heterocycles. The molecule has 1 amide bonds. The largest absolute Gasteiger partial charge is 0.444 e. The van der Waals surface area contributed by atoms with E-state index in [2.05, 4.69) is 10.6 Å². The molecule has 0 spiro atoms. The molecule has 5 nitrogen and oxygen atoms in total. The van der Waals surface area contributed by atoms with Crippen molar-refractivity contribution < 1.29 is 14.3 Å². The Bertz CT molecular complexity index is 384. The molecule has 0 aliphatic rings. The zero-order chi connectivity index (χ0) is 13.2. The quantitative estimate of drug-likeness (QED) is 0.625. The van der Waals surface area contributed by atoms with Crippen LogP contribution in [-0.4, -0.2) is 31.5 Å². The maximum Gasteiger partial charge on any atom is 0.413 e. The van der Waals surface area contributed by atoms with Crippen LogP contribution in [0.1, 0.15) is 5.56 Å². The van der Waals surface area contributed by atoms with E-state index in [1.54, 1.807) is 7.11 Å². The van der Waals surface area contributed by atoms with E-state index in [4.69, 9.17) is 21.7 Å². The molecule has 0 aliphatic heterocycles. The second-order valence-electron chi connectivity index (χ2n) is 3.44. The number of alkyl carbamates (subject to hydrolysis) is 1. The number of hydrogen-bond donors (Lipinski definition) is 2. The molecule has 0 radical (unpaired) electrons. The van der Waals surface area contributed by atoms with Gasteiger partial charge in [-0.25, -0.2) is 4.79 Å². The lowest BCUT2D eigenvalue weighted by molar-refractivity contribution is 0.145. The summed E-state index contributed by atoms with van der Waals surface area (Å²) in [5.41, 5.74) is 0.922. The third-order valence-electron chi connectivity index (χ3n) is 2.02. The van der Waals surface area contributed by atoms with Gasteiger partial charge in [0.05, 0.1) is 6.61 Å². The lowest BCUT2D eigenvalue weighted by Gasteiger charge is -2.09. The van der Waals surface area contributed by atoms with Crippen molar-refractivity contribution in [2.24, 2.45) is 0 Å². The minimum absolute atomic E-state index is 0.216. The zero-order valence-electron chi connectivity index (χ0n) is 10.1. The molecule has 2 N–H and O–H groups in total. The van der Waals surface area contributed by atoms with Crippen LogP contribution in [0.3, 0.4) is 0 Å². The summed E-state index contributed by atoms with van der Waals surface area (Å²) in [6, 6.07) is 9.42. The molecule has 98 valence electrons. The predicted octanol–water partition coefficient (Wildman–Crippen LogP) is 1.43.